The van der Waals surface area contributed by atoms with Crippen LogP contribution in [0.5, 0.6) is 0 Å². The van der Waals surface area contributed by atoms with E-state index in [1.54, 1.807) is 6.92 Å². The average Bonchev–Trinajstić information content (AvgIpc) is 3.13. The molecule has 6 rings (SSSR count). The zero-order chi connectivity index (χ0) is 33.6. The molecule has 0 N–H and O–H groups in total. The van der Waals surface area contributed by atoms with Crippen molar-refractivity contribution in [3.05, 3.63) is 0 Å². The molecule has 0 saturated heterocycles. The Balaban J connectivity index is 0.844. The number of rotatable bonds is 11. The molecule has 0 bridgehead atoms. The molecule has 6 heteroatoms. The van der Waals surface area contributed by atoms with Gasteiger partial charge in [-0.25, -0.2) is 0 Å². The molecule has 0 aliphatic heterocycles. The number of ketones is 4. The summed E-state index contributed by atoms with van der Waals surface area (Å²) < 4.78 is 13.0. The summed E-state index contributed by atoms with van der Waals surface area (Å²) in [5, 5.41) is 0. The Kier molecular flexibility index (Phi) is 13.0. The first kappa shape index (κ1) is 36.4. The summed E-state index contributed by atoms with van der Waals surface area (Å²) in [5.41, 5.74) is 0. The van der Waals surface area contributed by atoms with Gasteiger partial charge in [0, 0.05) is 41.4 Å². The van der Waals surface area contributed by atoms with Crippen LogP contribution in [-0.4, -0.2) is 47.5 Å². The molecular weight excluding hydrogens is 600 g/mol. The van der Waals surface area contributed by atoms with E-state index in [0.717, 1.165) is 134 Å². The quantitative estimate of drug-likeness (QED) is 0.219. The normalized spacial score (nSPS) is 41.3. The fourth-order valence-corrected chi connectivity index (χ4v) is 10.8. The lowest BCUT2D eigenvalue weighted by Gasteiger charge is -2.37. The smallest absolute Gasteiger partial charge is 0.139 e. The summed E-state index contributed by atoms with van der Waals surface area (Å²) in [6, 6.07) is 0. The molecule has 0 aromatic carbocycles. The van der Waals surface area contributed by atoms with E-state index in [-0.39, 0.29) is 59.4 Å². The minimum absolute atomic E-state index is 0.0822. The molecule has 2 atom stereocenters. The lowest BCUT2D eigenvalue weighted by molar-refractivity contribution is -0.135. The molecule has 0 aromatic heterocycles. The number of carbonyl (C=O) groups excluding carboxylic acids is 4. The van der Waals surface area contributed by atoms with E-state index in [2.05, 4.69) is 6.92 Å². The predicted molar refractivity (Wildman–Crippen MR) is 187 cm³/mol. The predicted octanol–water partition coefficient (Wildman–Crippen LogP) is 9.18. The summed E-state index contributed by atoms with van der Waals surface area (Å²) in [4.78, 5) is 52.1. The van der Waals surface area contributed by atoms with Gasteiger partial charge >= 0.3 is 0 Å². The van der Waals surface area contributed by atoms with E-state index in [9.17, 15) is 19.2 Å². The maximum Gasteiger partial charge on any atom is 0.139 e. The second-order valence-electron chi connectivity index (χ2n) is 17.5. The van der Waals surface area contributed by atoms with Crippen molar-refractivity contribution in [1.82, 2.24) is 0 Å². The van der Waals surface area contributed by atoms with Crippen LogP contribution in [0.25, 0.3) is 0 Å². The molecule has 48 heavy (non-hydrogen) atoms. The highest BCUT2D eigenvalue weighted by atomic mass is 16.5. The van der Waals surface area contributed by atoms with Gasteiger partial charge in [-0.3, -0.25) is 19.2 Å². The Morgan fingerprint density at radius 2 is 0.667 bits per heavy atom. The SMILES string of the molecule is CC(=O)C1CCCC(C(=O)C2CCC(OC3CCC(C(=O)C4CCC(C(=O)C5CCC(OC6CCC(C)CC6)CC5)CC4)CC3)CC2)C1. The van der Waals surface area contributed by atoms with Crippen molar-refractivity contribution in [2.45, 2.75) is 192 Å². The van der Waals surface area contributed by atoms with E-state index < -0.39 is 0 Å². The van der Waals surface area contributed by atoms with Crippen molar-refractivity contribution in [3.63, 3.8) is 0 Å². The Hall–Kier alpha value is -1.40. The van der Waals surface area contributed by atoms with Crippen LogP contribution in [-0.2, 0) is 28.7 Å². The summed E-state index contributed by atoms with van der Waals surface area (Å²) in [7, 11) is 0. The van der Waals surface area contributed by atoms with Gasteiger partial charge in [-0.05, 0) is 161 Å². The van der Waals surface area contributed by atoms with Gasteiger partial charge in [-0.15, -0.1) is 0 Å². The fraction of sp³-hybridized carbons (Fsp3) is 0.905. The first-order chi connectivity index (χ1) is 23.2. The number of hydrogen-bond donors (Lipinski definition) is 0. The summed E-state index contributed by atoms with van der Waals surface area (Å²) in [5.74, 6) is 3.42. The van der Waals surface area contributed by atoms with Crippen LogP contribution in [0.4, 0.5) is 0 Å². The number of ether oxygens (including phenoxy) is 2. The number of hydrogen-bond acceptors (Lipinski definition) is 6. The first-order valence-corrected chi connectivity index (χ1v) is 20.7. The fourth-order valence-electron chi connectivity index (χ4n) is 10.8. The Labute approximate surface area is 291 Å². The highest BCUT2D eigenvalue weighted by molar-refractivity contribution is 5.86. The van der Waals surface area contributed by atoms with Crippen LogP contribution in [0.1, 0.15) is 168 Å². The second kappa shape index (κ2) is 17.2. The Bertz CT molecular complexity index is 1080. The molecule has 0 aromatic rings. The van der Waals surface area contributed by atoms with E-state index in [1.165, 1.54) is 25.7 Å². The molecule has 6 fully saturated rings. The van der Waals surface area contributed by atoms with Gasteiger partial charge in [0.05, 0.1) is 24.4 Å². The maximum atomic E-state index is 13.5. The second-order valence-corrected chi connectivity index (χ2v) is 17.5. The van der Waals surface area contributed by atoms with Crippen molar-refractivity contribution in [2.24, 2.45) is 47.3 Å². The number of carbonyl (C=O) groups is 4. The Morgan fingerprint density at radius 1 is 0.375 bits per heavy atom. The first-order valence-electron chi connectivity index (χ1n) is 20.7. The van der Waals surface area contributed by atoms with Crippen molar-refractivity contribution in [3.8, 4) is 0 Å². The van der Waals surface area contributed by atoms with E-state index in [1.807, 2.05) is 0 Å². The zero-order valence-electron chi connectivity index (χ0n) is 30.3. The Morgan fingerprint density at radius 3 is 1.02 bits per heavy atom. The van der Waals surface area contributed by atoms with Crippen molar-refractivity contribution in [1.29, 1.82) is 0 Å². The minimum atomic E-state index is 0.0822. The van der Waals surface area contributed by atoms with E-state index in [0.29, 0.717) is 29.6 Å². The third-order valence-electron chi connectivity index (χ3n) is 14.1. The van der Waals surface area contributed by atoms with E-state index in [4.69, 9.17) is 9.47 Å². The van der Waals surface area contributed by atoms with Gasteiger partial charge in [0.2, 0.25) is 0 Å². The largest absolute Gasteiger partial charge is 0.375 e. The topological polar surface area (TPSA) is 86.7 Å². The van der Waals surface area contributed by atoms with Crippen molar-refractivity contribution in [2.75, 3.05) is 0 Å². The third kappa shape index (κ3) is 9.47. The third-order valence-corrected chi connectivity index (χ3v) is 14.1. The van der Waals surface area contributed by atoms with Gasteiger partial charge in [0.1, 0.15) is 23.1 Å². The molecule has 6 saturated carbocycles. The van der Waals surface area contributed by atoms with Crippen molar-refractivity contribution < 1.29 is 28.7 Å². The van der Waals surface area contributed by atoms with Gasteiger partial charge in [0.25, 0.3) is 0 Å². The van der Waals surface area contributed by atoms with Gasteiger partial charge < -0.3 is 9.47 Å². The molecule has 0 radical (unpaired) electrons. The molecule has 0 heterocycles. The monoisotopic (exact) mass is 666 g/mol. The highest BCUT2D eigenvalue weighted by Gasteiger charge is 2.39. The van der Waals surface area contributed by atoms with Crippen molar-refractivity contribution >= 4 is 23.1 Å². The van der Waals surface area contributed by atoms with Crippen LogP contribution in [0, 0.1) is 47.3 Å². The molecule has 2 unspecified atom stereocenters. The standard InChI is InChI=1S/C42H66O6/c1-27-6-18-36(19-7-27)47-37-20-12-31(13-21-37)40(44)29-8-10-30(11-9-29)41(45)32-14-22-38(23-15-32)48-39-24-16-33(17-25-39)42(46)35-5-3-4-34(26-35)28(2)43/h27,29-39H,3-26H2,1-2H3. The van der Waals surface area contributed by atoms with Crippen LogP contribution < -0.4 is 0 Å². The minimum Gasteiger partial charge on any atom is -0.375 e. The lowest BCUT2D eigenvalue weighted by atomic mass is 9.70. The van der Waals surface area contributed by atoms with Gasteiger partial charge in [0.15, 0.2) is 0 Å². The number of Topliss-reactive ketones (excluding diaryl/α,β-unsaturated/α-hetero) is 4. The average molecular weight is 667 g/mol. The molecule has 6 aliphatic rings. The lowest BCUT2D eigenvalue weighted by Crippen LogP contribution is -2.37. The van der Waals surface area contributed by atoms with Crippen LogP contribution >= 0.6 is 0 Å². The zero-order valence-corrected chi connectivity index (χ0v) is 30.3. The summed E-state index contributed by atoms with van der Waals surface area (Å²) in [6.45, 7) is 4.03. The maximum absolute atomic E-state index is 13.5. The molecule has 6 nitrogen and oxygen atoms in total. The van der Waals surface area contributed by atoms with Crippen LogP contribution in [0.2, 0.25) is 0 Å². The molecule has 0 amide bonds. The summed E-state index contributed by atoms with van der Waals surface area (Å²) in [6.07, 6.45) is 25.1. The molecule has 0 spiro atoms. The molecule has 270 valence electrons. The van der Waals surface area contributed by atoms with Crippen LogP contribution in [0.15, 0.2) is 0 Å². The molecular formula is C42H66O6. The van der Waals surface area contributed by atoms with Gasteiger partial charge in [-0.1, -0.05) is 13.3 Å². The van der Waals surface area contributed by atoms with Crippen LogP contribution in [0.3, 0.4) is 0 Å². The highest BCUT2D eigenvalue weighted by Crippen LogP contribution is 2.41. The summed E-state index contributed by atoms with van der Waals surface area (Å²) >= 11 is 0. The van der Waals surface area contributed by atoms with E-state index >= 15 is 0 Å². The van der Waals surface area contributed by atoms with Gasteiger partial charge in [-0.2, -0.15) is 0 Å². The molecule has 6 aliphatic carbocycles.